The van der Waals surface area contributed by atoms with Gasteiger partial charge >= 0.3 is 5.69 Å². The lowest BCUT2D eigenvalue weighted by Gasteiger charge is -2.11. The fraction of sp³-hybridized carbons (Fsp3) is 0.231. The molecule has 2 aromatic rings. The highest BCUT2D eigenvalue weighted by Gasteiger charge is 2.08. The largest absolute Gasteiger partial charge is 0.493 e. The second-order valence-corrected chi connectivity index (χ2v) is 4.14. The van der Waals surface area contributed by atoms with Gasteiger partial charge in [-0.25, -0.2) is 4.79 Å². The average Bonchev–Trinajstić information content (AvgIpc) is 2.42. The van der Waals surface area contributed by atoms with Gasteiger partial charge in [0.1, 0.15) is 5.82 Å². The summed E-state index contributed by atoms with van der Waals surface area (Å²) in [7, 11) is 3.07. The van der Waals surface area contributed by atoms with Crippen LogP contribution in [0.25, 0.3) is 0 Å². The minimum atomic E-state index is -0.551. The predicted octanol–water partition coefficient (Wildman–Crippen LogP) is 0.184. The first kappa shape index (κ1) is 13.7. The van der Waals surface area contributed by atoms with Crippen LogP contribution < -0.4 is 26.5 Å². The Labute approximate surface area is 114 Å². The van der Waals surface area contributed by atoms with Gasteiger partial charge in [0.25, 0.3) is 5.56 Å². The van der Waals surface area contributed by atoms with Gasteiger partial charge in [0.15, 0.2) is 11.5 Å². The molecule has 0 atom stereocenters. The Morgan fingerprint density at radius 2 is 1.85 bits per heavy atom. The molecule has 1 heterocycles. The maximum absolute atomic E-state index is 11.7. The first-order chi connectivity index (χ1) is 9.55. The molecule has 1 aromatic heterocycles. The number of hydrogen-bond donors (Lipinski definition) is 2. The highest BCUT2D eigenvalue weighted by Crippen LogP contribution is 2.27. The van der Waals surface area contributed by atoms with Crippen LogP contribution in [0.3, 0.4) is 0 Å². The molecule has 0 fully saturated rings. The van der Waals surface area contributed by atoms with Gasteiger partial charge < -0.3 is 15.2 Å². The van der Waals surface area contributed by atoms with Gasteiger partial charge in [0.2, 0.25) is 0 Å². The van der Waals surface area contributed by atoms with Crippen LogP contribution in [0.15, 0.2) is 33.9 Å². The summed E-state index contributed by atoms with van der Waals surface area (Å²) in [5, 5.41) is 0. The van der Waals surface area contributed by atoms with Crippen molar-refractivity contribution in [3.63, 3.8) is 0 Å². The van der Waals surface area contributed by atoms with Gasteiger partial charge in [0, 0.05) is 6.07 Å². The maximum atomic E-state index is 11.7. The number of aromatic nitrogens is 2. The fourth-order valence-electron chi connectivity index (χ4n) is 1.86. The lowest BCUT2D eigenvalue weighted by molar-refractivity contribution is 0.354. The third kappa shape index (κ3) is 2.66. The Morgan fingerprint density at radius 3 is 2.45 bits per heavy atom. The van der Waals surface area contributed by atoms with Crippen molar-refractivity contribution in [1.82, 2.24) is 9.55 Å². The number of methoxy groups -OCH3 is 2. The molecular weight excluding hydrogens is 262 g/mol. The van der Waals surface area contributed by atoms with Crippen molar-refractivity contribution in [2.45, 2.75) is 6.54 Å². The van der Waals surface area contributed by atoms with E-state index in [4.69, 9.17) is 15.2 Å². The number of rotatable bonds is 4. The van der Waals surface area contributed by atoms with E-state index in [0.717, 1.165) is 5.56 Å². The summed E-state index contributed by atoms with van der Waals surface area (Å²) in [6.07, 6.45) is 0. The van der Waals surface area contributed by atoms with Crippen molar-refractivity contribution < 1.29 is 9.47 Å². The molecule has 0 saturated heterocycles. The summed E-state index contributed by atoms with van der Waals surface area (Å²) in [5.74, 6) is 1.26. The quantitative estimate of drug-likeness (QED) is 0.830. The van der Waals surface area contributed by atoms with Crippen LogP contribution in [0.1, 0.15) is 5.56 Å². The van der Waals surface area contributed by atoms with Crippen molar-refractivity contribution in [2.24, 2.45) is 0 Å². The Hall–Kier alpha value is -2.70. The third-order valence-electron chi connectivity index (χ3n) is 2.85. The topological polar surface area (TPSA) is 99.3 Å². The number of benzene rings is 1. The molecule has 106 valence electrons. The molecule has 7 nitrogen and oxygen atoms in total. The molecule has 0 aliphatic rings. The summed E-state index contributed by atoms with van der Waals surface area (Å²) in [4.78, 5) is 25.0. The number of nitrogens with zero attached hydrogens (tertiary/aromatic N) is 1. The van der Waals surface area contributed by atoms with Crippen LogP contribution in [0.4, 0.5) is 5.82 Å². The van der Waals surface area contributed by atoms with Crippen LogP contribution in [0, 0.1) is 0 Å². The van der Waals surface area contributed by atoms with Crippen molar-refractivity contribution in [3.05, 3.63) is 50.7 Å². The summed E-state index contributed by atoms with van der Waals surface area (Å²) < 4.78 is 11.6. The molecule has 0 spiro atoms. The second-order valence-electron chi connectivity index (χ2n) is 4.14. The molecule has 1 aromatic carbocycles. The van der Waals surface area contributed by atoms with E-state index in [-0.39, 0.29) is 12.4 Å². The number of nitrogen functional groups attached to an aromatic ring is 1. The first-order valence-corrected chi connectivity index (χ1v) is 5.85. The molecule has 0 amide bonds. The molecule has 0 saturated carbocycles. The lowest BCUT2D eigenvalue weighted by atomic mass is 10.2. The zero-order valence-electron chi connectivity index (χ0n) is 11.2. The van der Waals surface area contributed by atoms with Gasteiger partial charge in [0.05, 0.1) is 20.8 Å². The molecule has 0 bridgehead atoms. The van der Waals surface area contributed by atoms with Crippen molar-refractivity contribution in [2.75, 3.05) is 20.0 Å². The van der Waals surface area contributed by atoms with E-state index in [9.17, 15) is 9.59 Å². The molecule has 20 heavy (non-hydrogen) atoms. The zero-order valence-corrected chi connectivity index (χ0v) is 11.2. The Bertz CT molecular complexity index is 733. The van der Waals surface area contributed by atoms with Gasteiger partial charge in [-0.3, -0.25) is 14.3 Å². The van der Waals surface area contributed by atoms with Gasteiger partial charge in [-0.1, -0.05) is 6.07 Å². The Kier molecular flexibility index (Phi) is 3.79. The molecule has 0 aliphatic heterocycles. The first-order valence-electron chi connectivity index (χ1n) is 5.85. The predicted molar refractivity (Wildman–Crippen MR) is 74.4 cm³/mol. The van der Waals surface area contributed by atoms with Crippen molar-refractivity contribution in [1.29, 1.82) is 0 Å². The minimum absolute atomic E-state index is 0.105. The SMILES string of the molecule is COc1ccc(Cn2c(N)cc(=O)[nH]c2=O)cc1OC. The minimum Gasteiger partial charge on any atom is -0.493 e. The summed E-state index contributed by atoms with van der Waals surface area (Å²) in [5.41, 5.74) is 5.41. The van der Waals surface area contributed by atoms with Crippen LogP contribution in [-0.2, 0) is 6.54 Å². The Morgan fingerprint density at radius 1 is 1.15 bits per heavy atom. The van der Waals surface area contributed by atoms with Crippen molar-refractivity contribution in [3.8, 4) is 11.5 Å². The normalized spacial score (nSPS) is 10.3. The zero-order chi connectivity index (χ0) is 14.7. The number of aromatic amines is 1. The molecule has 0 unspecified atom stereocenters. The van der Waals surface area contributed by atoms with Crippen LogP contribution in [-0.4, -0.2) is 23.8 Å². The number of ether oxygens (including phenoxy) is 2. The van der Waals surface area contributed by atoms with E-state index in [1.54, 1.807) is 25.3 Å². The molecule has 2 rings (SSSR count). The fourth-order valence-corrected chi connectivity index (χ4v) is 1.86. The summed E-state index contributed by atoms with van der Waals surface area (Å²) in [6.45, 7) is 0.224. The van der Waals surface area contributed by atoms with Crippen LogP contribution in [0.2, 0.25) is 0 Å². The summed E-state index contributed by atoms with van der Waals surface area (Å²) >= 11 is 0. The highest BCUT2D eigenvalue weighted by molar-refractivity contribution is 5.43. The van der Waals surface area contributed by atoms with E-state index in [1.165, 1.54) is 17.7 Å². The monoisotopic (exact) mass is 277 g/mol. The van der Waals surface area contributed by atoms with Crippen molar-refractivity contribution >= 4 is 5.82 Å². The van der Waals surface area contributed by atoms with E-state index < -0.39 is 11.2 Å². The molecule has 7 heteroatoms. The number of nitrogens with one attached hydrogen (secondary N) is 1. The molecule has 3 N–H and O–H groups in total. The number of anilines is 1. The molecule has 0 radical (unpaired) electrons. The van der Waals surface area contributed by atoms with Gasteiger partial charge in [-0.05, 0) is 17.7 Å². The Balaban J connectivity index is 2.40. The number of hydrogen-bond acceptors (Lipinski definition) is 5. The molecular formula is C13H15N3O4. The third-order valence-corrected chi connectivity index (χ3v) is 2.85. The van der Waals surface area contributed by atoms with E-state index in [0.29, 0.717) is 11.5 Å². The van der Waals surface area contributed by atoms with E-state index >= 15 is 0 Å². The highest BCUT2D eigenvalue weighted by atomic mass is 16.5. The molecule has 0 aliphatic carbocycles. The second kappa shape index (κ2) is 5.52. The number of nitrogens with two attached hydrogens (primary N) is 1. The van der Waals surface area contributed by atoms with Gasteiger partial charge in [-0.2, -0.15) is 0 Å². The van der Waals surface area contributed by atoms with E-state index in [1.807, 2.05) is 0 Å². The number of H-pyrrole nitrogens is 1. The van der Waals surface area contributed by atoms with Gasteiger partial charge in [-0.15, -0.1) is 0 Å². The maximum Gasteiger partial charge on any atom is 0.330 e. The van der Waals surface area contributed by atoms with Crippen LogP contribution >= 0.6 is 0 Å². The standard InChI is InChI=1S/C13H15N3O4/c1-19-9-4-3-8(5-10(9)20-2)7-16-11(14)6-12(17)15-13(16)18/h3-6H,7,14H2,1-2H3,(H,15,17,18). The van der Waals surface area contributed by atoms with E-state index in [2.05, 4.69) is 4.98 Å². The summed E-state index contributed by atoms with van der Waals surface area (Å²) in [6, 6.07) is 6.44. The lowest BCUT2D eigenvalue weighted by Crippen LogP contribution is -2.31. The van der Waals surface area contributed by atoms with Crippen LogP contribution in [0.5, 0.6) is 11.5 Å². The average molecular weight is 277 g/mol. The smallest absolute Gasteiger partial charge is 0.330 e.